The van der Waals surface area contributed by atoms with Gasteiger partial charge >= 0.3 is 0 Å². The number of nitro benzene ring substituents is 1. The van der Waals surface area contributed by atoms with E-state index in [1.165, 1.54) is 12.1 Å². The monoisotopic (exact) mass is 290 g/mol. The molecule has 0 atom stereocenters. The van der Waals surface area contributed by atoms with Gasteiger partial charge in [-0.25, -0.2) is 0 Å². The van der Waals surface area contributed by atoms with Gasteiger partial charge in [0.05, 0.1) is 4.92 Å². The summed E-state index contributed by atoms with van der Waals surface area (Å²) in [5.41, 5.74) is 0.748. The first-order chi connectivity index (χ1) is 10.1. The number of aromatic nitrogens is 2. The van der Waals surface area contributed by atoms with Gasteiger partial charge in [0.15, 0.2) is 0 Å². The van der Waals surface area contributed by atoms with Gasteiger partial charge in [0.25, 0.3) is 5.69 Å². The highest BCUT2D eigenvalue weighted by Crippen LogP contribution is 2.20. The zero-order chi connectivity index (χ0) is 15.2. The van der Waals surface area contributed by atoms with Crippen molar-refractivity contribution in [1.29, 1.82) is 0 Å². The average Bonchev–Trinajstić information content (AvgIpc) is 2.92. The van der Waals surface area contributed by atoms with Crippen molar-refractivity contribution in [2.45, 2.75) is 32.7 Å². The Morgan fingerprint density at radius 1 is 1.33 bits per heavy atom. The molecule has 0 amide bonds. The number of nitrogens with one attached hydrogen (secondary N) is 1. The third-order valence-corrected chi connectivity index (χ3v) is 2.92. The first kappa shape index (κ1) is 15.1. The highest BCUT2D eigenvalue weighted by molar-refractivity contribution is 5.56. The minimum atomic E-state index is -0.437. The molecule has 112 valence electrons. The second-order valence-corrected chi connectivity index (χ2v) is 5.03. The maximum atomic E-state index is 10.6. The molecule has 0 aliphatic heterocycles. The number of nitrogens with zero attached hydrogens (tertiary/aromatic N) is 3. The summed E-state index contributed by atoms with van der Waals surface area (Å²) >= 11 is 0. The van der Waals surface area contributed by atoms with Gasteiger partial charge in [-0.1, -0.05) is 19.0 Å². The lowest BCUT2D eigenvalue weighted by Crippen LogP contribution is -2.23. The largest absolute Gasteiger partial charge is 0.339 e. The van der Waals surface area contributed by atoms with Crippen LogP contribution in [0.15, 0.2) is 28.8 Å². The van der Waals surface area contributed by atoms with Crippen molar-refractivity contribution < 1.29 is 9.45 Å². The minimum absolute atomic E-state index is 0.0437. The molecule has 1 aromatic heterocycles. The summed E-state index contributed by atoms with van der Waals surface area (Å²) in [7, 11) is 0. The molecular weight excluding hydrogens is 272 g/mol. The smallest absolute Gasteiger partial charge is 0.269 e. The zero-order valence-electron chi connectivity index (χ0n) is 12.1. The fraction of sp³-hybridized carbons (Fsp3) is 0.429. The van der Waals surface area contributed by atoms with Crippen molar-refractivity contribution in [2.75, 3.05) is 6.54 Å². The predicted octanol–water partition coefficient (Wildman–Crippen LogP) is 2.58. The van der Waals surface area contributed by atoms with Gasteiger partial charge in [-0.05, 0) is 25.1 Å². The summed E-state index contributed by atoms with van der Waals surface area (Å²) in [5.74, 6) is 1.03. The van der Waals surface area contributed by atoms with E-state index in [0.29, 0.717) is 29.7 Å². The quantitative estimate of drug-likeness (QED) is 0.478. The molecule has 0 radical (unpaired) electrons. The Morgan fingerprint density at radius 3 is 2.67 bits per heavy atom. The number of hydrogen-bond donors (Lipinski definition) is 1. The number of rotatable bonds is 7. The van der Waals surface area contributed by atoms with E-state index < -0.39 is 4.92 Å². The normalized spacial score (nSPS) is 11.0. The van der Waals surface area contributed by atoms with Crippen molar-refractivity contribution in [3.05, 3.63) is 40.3 Å². The van der Waals surface area contributed by atoms with E-state index in [1.54, 1.807) is 12.1 Å². The van der Waals surface area contributed by atoms with Crippen molar-refractivity contribution in [2.24, 2.45) is 0 Å². The first-order valence-electron chi connectivity index (χ1n) is 6.87. The van der Waals surface area contributed by atoms with Crippen LogP contribution >= 0.6 is 0 Å². The number of hydrogen-bond acceptors (Lipinski definition) is 6. The van der Waals surface area contributed by atoms with Crippen LogP contribution in [0, 0.1) is 10.1 Å². The Morgan fingerprint density at radius 2 is 2.05 bits per heavy atom. The Labute approximate surface area is 122 Å². The molecule has 1 aromatic carbocycles. The van der Waals surface area contributed by atoms with Crippen LogP contribution in [-0.2, 0) is 6.42 Å². The summed E-state index contributed by atoms with van der Waals surface area (Å²) in [6.45, 7) is 5.09. The lowest BCUT2D eigenvalue weighted by atomic mass is 10.2. The Balaban J connectivity index is 1.94. The second-order valence-electron chi connectivity index (χ2n) is 5.03. The molecule has 7 heteroatoms. The third-order valence-electron chi connectivity index (χ3n) is 2.92. The fourth-order valence-electron chi connectivity index (χ4n) is 1.84. The summed E-state index contributed by atoms with van der Waals surface area (Å²) in [4.78, 5) is 14.5. The molecule has 7 nitrogen and oxygen atoms in total. The SMILES string of the molecule is CC(C)NCCCc1nc(-c2ccc([N+](=O)[O-])cc2)no1. The van der Waals surface area contributed by atoms with Crippen molar-refractivity contribution in [3.8, 4) is 11.4 Å². The van der Waals surface area contributed by atoms with E-state index in [0.717, 1.165) is 13.0 Å². The molecule has 0 bridgehead atoms. The highest BCUT2D eigenvalue weighted by atomic mass is 16.6. The van der Waals surface area contributed by atoms with Crippen LogP contribution in [0.25, 0.3) is 11.4 Å². The van der Waals surface area contributed by atoms with Gasteiger partial charge in [0.1, 0.15) is 0 Å². The molecule has 2 aromatic rings. The van der Waals surface area contributed by atoms with E-state index in [9.17, 15) is 10.1 Å². The van der Waals surface area contributed by atoms with Crippen LogP contribution in [0.2, 0.25) is 0 Å². The molecule has 0 saturated heterocycles. The average molecular weight is 290 g/mol. The molecule has 0 fully saturated rings. The van der Waals surface area contributed by atoms with Crippen molar-refractivity contribution in [3.63, 3.8) is 0 Å². The number of benzene rings is 1. The maximum absolute atomic E-state index is 10.6. The van der Waals surface area contributed by atoms with E-state index in [4.69, 9.17) is 4.52 Å². The highest BCUT2D eigenvalue weighted by Gasteiger charge is 2.10. The summed E-state index contributed by atoms with van der Waals surface area (Å²) in [6, 6.07) is 6.55. The molecule has 0 spiro atoms. The first-order valence-corrected chi connectivity index (χ1v) is 6.87. The van der Waals surface area contributed by atoms with Gasteiger partial charge in [-0.2, -0.15) is 4.98 Å². The topological polar surface area (TPSA) is 94.1 Å². The van der Waals surface area contributed by atoms with E-state index in [2.05, 4.69) is 29.3 Å². The van der Waals surface area contributed by atoms with Gasteiger partial charge in [0, 0.05) is 30.2 Å². The number of non-ortho nitro benzene ring substituents is 1. The summed E-state index contributed by atoms with van der Waals surface area (Å²) in [5, 5.41) is 17.8. The minimum Gasteiger partial charge on any atom is -0.339 e. The van der Waals surface area contributed by atoms with Gasteiger partial charge in [0.2, 0.25) is 11.7 Å². The molecule has 0 aliphatic rings. The zero-order valence-corrected chi connectivity index (χ0v) is 12.1. The van der Waals surface area contributed by atoms with Gasteiger partial charge in [-0.15, -0.1) is 0 Å². The maximum Gasteiger partial charge on any atom is 0.269 e. The van der Waals surface area contributed by atoms with Crippen LogP contribution in [0.5, 0.6) is 0 Å². The lowest BCUT2D eigenvalue weighted by molar-refractivity contribution is -0.384. The molecule has 1 heterocycles. The second kappa shape index (κ2) is 6.94. The van der Waals surface area contributed by atoms with Crippen LogP contribution < -0.4 is 5.32 Å². The van der Waals surface area contributed by atoms with Gasteiger partial charge in [-0.3, -0.25) is 10.1 Å². The van der Waals surface area contributed by atoms with Crippen LogP contribution in [-0.4, -0.2) is 27.7 Å². The van der Waals surface area contributed by atoms with E-state index in [1.807, 2.05) is 0 Å². The molecule has 2 rings (SSSR count). The molecule has 1 N–H and O–H groups in total. The number of aryl methyl sites for hydroxylation is 1. The third kappa shape index (κ3) is 4.35. The van der Waals surface area contributed by atoms with Crippen molar-refractivity contribution in [1.82, 2.24) is 15.5 Å². The standard InChI is InChI=1S/C14H18N4O3/c1-10(2)15-9-3-4-13-16-14(17-21-13)11-5-7-12(8-6-11)18(19)20/h5-8,10,15H,3-4,9H2,1-2H3. The van der Waals surface area contributed by atoms with Crippen LogP contribution in [0.1, 0.15) is 26.2 Å². The Kier molecular flexibility index (Phi) is 4.99. The van der Waals surface area contributed by atoms with E-state index >= 15 is 0 Å². The molecule has 0 saturated carbocycles. The molecule has 0 aliphatic carbocycles. The summed E-state index contributed by atoms with van der Waals surface area (Å²) in [6.07, 6.45) is 1.62. The lowest BCUT2D eigenvalue weighted by Gasteiger charge is -2.05. The Bertz CT molecular complexity index is 593. The molecule has 21 heavy (non-hydrogen) atoms. The number of nitro groups is 1. The van der Waals surface area contributed by atoms with E-state index in [-0.39, 0.29) is 5.69 Å². The van der Waals surface area contributed by atoms with Crippen LogP contribution in [0.4, 0.5) is 5.69 Å². The summed E-state index contributed by atoms with van der Waals surface area (Å²) < 4.78 is 5.18. The fourth-order valence-corrected chi connectivity index (χ4v) is 1.84. The molecular formula is C14H18N4O3. The van der Waals surface area contributed by atoms with Crippen molar-refractivity contribution >= 4 is 5.69 Å². The van der Waals surface area contributed by atoms with Gasteiger partial charge < -0.3 is 9.84 Å². The molecule has 0 unspecified atom stereocenters. The predicted molar refractivity (Wildman–Crippen MR) is 77.8 cm³/mol. The van der Waals surface area contributed by atoms with Crippen LogP contribution in [0.3, 0.4) is 0 Å². The Hall–Kier alpha value is -2.28.